The van der Waals surface area contributed by atoms with Crippen LogP contribution < -0.4 is 4.74 Å². The van der Waals surface area contributed by atoms with Gasteiger partial charge in [-0.05, 0) is 28.3 Å². The highest BCUT2D eigenvalue weighted by atomic mass is 16.5. The van der Waals surface area contributed by atoms with Gasteiger partial charge in [0.1, 0.15) is 12.5 Å². The standard InChI is InChI=1S/C27H28N2O3/c1-18-24(27(30)21-9-4-7-19-6-2-3-8-20(19)21)22-10-5-11-23-25(22)26(18)29(17-32-23)16-28-12-14-31-15-13-28/h2-11,18,24,26H,12-17H2,1H3. The van der Waals surface area contributed by atoms with Crippen molar-refractivity contribution in [2.24, 2.45) is 5.92 Å². The Morgan fingerprint density at radius 2 is 1.78 bits per heavy atom. The van der Waals surface area contributed by atoms with Gasteiger partial charge in [0.25, 0.3) is 0 Å². The van der Waals surface area contributed by atoms with Gasteiger partial charge in [0.15, 0.2) is 5.78 Å². The molecule has 3 aromatic rings. The van der Waals surface area contributed by atoms with Gasteiger partial charge in [-0.1, -0.05) is 61.5 Å². The molecule has 0 amide bonds. The number of hydrogen-bond acceptors (Lipinski definition) is 5. The number of hydrogen-bond donors (Lipinski definition) is 0. The Labute approximate surface area is 188 Å². The van der Waals surface area contributed by atoms with Gasteiger partial charge in [0, 0.05) is 30.3 Å². The van der Waals surface area contributed by atoms with Gasteiger partial charge < -0.3 is 9.47 Å². The third-order valence-corrected chi connectivity index (χ3v) is 7.36. The molecule has 0 spiro atoms. The van der Waals surface area contributed by atoms with Crippen LogP contribution in [0.1, 0.15) is 40.4 Å². The predicted octanol–water partition coefficient (Wildman–Crippen LogP) is 4.44. The molecule has 2 heterocycles. The molecule has 6 rings (SSSR count). The smallest absolute Gasteiger partial charge is 0.171 e. The first-order valence-corrected chi connectivity index (χ1v) is 11.5. The molecule has 2 aliphatic heterocycles. The Morgan fingerprint density at radius 1 is 1.00 bits per heavy atom. The molecule has 0 bridgehead atoms. The van der Waals surface area contributed by atoms with Gasteiger partial charge in [0.2, 0.25) is 0 Å². The lowest BCUT2D eigenvalue weighted by molar-refractivity contribution is -0.0394. The summed E-state index contributed by atoms with van der Waals surface area (Å²) >= 11 is 0. The van der Waals surface area contributed by atoms with Crippen LogP contribution in [0.25, 0.3) is 10.8 Å². The van der Waals surface area contributed by atoms with Crippen LogP contribution in [0.3, 0.4) is 0 Å². The number of nitrogens with zero attached hydrogens (tertiary/aromatic N) is 2. The lowest BCUT2D eigenvalue weighted by Crippen LogP contribution is -2.48. The van der Waals surface area contributed by atoms with Crippen molar-refractivity contribution in [3.05, 3.63) is 77.4 Å². The van der Waals surface area contributed by atoms with E-state index in [0.29, 0.717) is 6.73 Å². The van der Waals surface area contributed by atoms with Crippen molar-refractivity contribution in [2.75, 3.05) is 39.7 Å². The minimum atomic E-state index is -0.172. The molecule has 5 heteroatoms. The maximum absolute atomic E-state index is 14.0. The molecule has 1 aliphatic carbocycles. The molecule has 0 saturated carbocycles. The molecule has 1 saturated heterocycles. The maximum Gasteiger partial charge on any atom is 0.171 e. The van der Waals surface area contributed by atoms with Crippen LogP contribution in [-0.2, 0) is 4.74 Å². The third-order valence-electron chi connectivity index (χ3n) is 7.36. The Morgan fingerprint density at radius 3 is 2.66 bits per heavy atom. The molecule has 5 nitrogen and oxygen atoms in total. The summed E-state index contributed by atoms with van der Waals surface area (Å²) < 4.78 is 11.7. The summed E-state index contributed by atoms with van der Waals surface area (Å²) in [6.45, 7) is 7.05. The lowest BCUT2D eigenvalue weighted by Gasteiger charge is -2.40. The molecule has 0 radical (unpaired) electrons. The topological polar surface area (TPSA) is 42.0 Å². The summed E-state index contributed by atoms with van der Waals surface area (Å²) in [5.41, 5.74) is 3.15. The molecule has 3 aliphatic rings. The fourth-order valence-electron chi connectivity index (χ4n) is 5.87. The number of rotatable bonds is 4. The molecule has 0 N–H and O–H groups in total. The minimum Gasteiger partial charge on any atom is -0.478 e. The SMILES string of the molecule is CC1C(C(=O)c2cccc3ccccc23)c2cccc3c2C1N(CN1CCOCC1)CO3. The van der Waals surface area contributed by atoms with Crippen LogP contribution in [-0.4, -0.2) is 55.3 Å². The Hall–Kier alpha value is -2.73. The van der Waals surface area contributed by atoms with Crippen LogP contribution >= 0.6 is 0 Å². The Bertz CT molecular complexity index is 1170. The summed E-state index contributed by atoms with van der Waals surface area (Å²) in [4.78, 5) is 18.9. The molecular weight excluding hydrogens is 400 g/mol. The van der Waals surface area contributed by atoms with E-state index in [4.69, 9.17) is 9.47 Å². The van der Waals surface area contributed by atoms with Crippen LogP contribution in [0.5, 0.6) is 5.75 Å². The Balaban J connectivity index is 1.39. The zero-order valence-corrected chi connectivity index (χ0v) is 18.4. The zero-order valence-electron chi connectivity index (χ0n) is 18.4. The molecule has 3 unspecified atom stereocenters. The highest BCUT2D eigenvalue weighted by molar-refractivity contribution is 6.11. The second-order valence-electron chi connectivity index (χ2n) is 9.17. The zero-order chi connectivity index (χ0) is 21.7. The molecule has 32 heavy (non-hydrogen) atoms. The van der Waals surface area contributed by atoms with E-state index in [-0.39, 0.29) is 23.7 Å². The Kier molecular flexibility index (Phi) is 4.98. The molecule has 3 aromatic carbocycles. The monoisotopic (exact) mass is 428 g/mol. The number of fused-ring (bicyclic) bond motifs is 1. The highest BCUT2D eigenvalue weighted by Gasteiger charge is 2.48. The normalized spacial score (nSPS) is 25.5. The molecular formula is C27H28N2O3. The number of carbonyl (C=O) groups is 1. The van der Waals surface area contributed by atoms with Gasteiger partial charge >= 0.3 is 0 Å². The van der Waals surface area contributed by atoms with Gasteiger partial charge in [-0.15, -0.1) is 0 Å². The van der Waals surface area contributed by atoms with E-state index in [1.807, 2.05) is 30.3 Å². The number of ether oxygens (including phenoxy) is 2. The van der Waals surface area contributed by atoms with Gasteiger partial charge in [-0.2, -0.15) is 0 Å². The van der Waals surface area contributed by atoms with E-state index in [1.165, 1.54) is 5.56 Å². The number of morpholine rings is 1. The van der Waals surface area contributed by atoms with E-state index in [2.05, 4.69) is 47.1 Å². The van der Waals surface area contributed by atoms with Gasteiger partial charge in [-0.25, -0.2) is 0 Å². The van der Waals surface area contributed by atoms with Crippen molar-refractivity contribution in [1.82, 2.24) is 9.80 Å². The van der Waals surface area contributed by atoms with Crippen molar-refractivity contribution in [3.8, 4) is 5.75 Å². The first-order valence-electron chi connectivity index (χ1n) is 11.5. The van der Waals surface area contributed by atoms with Crippen molar-refractivity contribution in [1.29, 1.82) is 0 Å². The van der Waals surface area contributed by atoms with E-state index in [9.17, 15) is 4.79 Å². The van der Waals surface area contributed by atoms with Crippen molar-refractivity contribution >= 4 is 16.6 Å². The summed E-state index contributed by atoms with van der Waals surface area (Å²) in [7, 11) is 0. The van der Waals surface area contributed by atoms with Crippen LogP contribution in [0.4, 0.5) is 0 Å². The van der Waals surface area contributed by atoms with Crippen molar-refractivity contribution < 1.29 is 14.3 Å². The lowest BCUT2D eigenvalue weighted by atomic mass is 9.84. The largest absolute Gasteiger partial charge is 0.478 e. The maximum atomic E-state index is 14.0. The average Bonchev–Trinajstić information content (AvgIpc) is 3.14. The quantitative estimate of drug-likeness (QED) is 0.575. The average molecular weight is 429 g/mol. The van der Waals surface area contributed by atoms with Gasteiger partial charge in [0.05, 0.1) is 25.8 Å². The number of carbonyl (C=O) groups excluding carboxylic acids is 1. The number of benzene rings is 3. The van der Waals surface area contributed by atoms with E-state index < -0.39 is 0 Å². The molecule has 1 fully saturated rings. The predicted molar refractivity (Wildman–Crippen MR) is 124 cm³/mol. The van der Waals surface area contributed by atoms with E-state index >= 15 is 0 Å². The third kappa shape index (κ3) is 3.15. The minimum absolute atomic E-state index is 0.169. The van der Waals surface area contributed by atoms with E-state index in [1.54, 1.807) is 0 Å². The summed E-state index contributed by atoms with van der Waals surface area (Å²) in [5, 5.41) is 2.14. The van der Waals surface area contributed by atoms with Crippen LogP contribution in [0, 0.1) is 5.92 Å². The van der Waals surface area contributed by atoms with Crippen molar-refractivity contribution in [3.63, 3.8) is 0 Å². The fraction of sp³-hybridized carbons (Fsp3) is 0.370. The summed E-state index contributed by atoms with van der Waals surface area (Å²) in [6.07, 6.45) is 0. The summed E-state index contributed by atoms with van der Waals surface area (Å²) in [6, 6.07) is 20.6. The fourth-order valence-corrected chi connectivity index (χ4v) is 5.87. The molecule has 0 aromatic heterocycles. The second kappa shape index (κ2) is 8.00. The molecule has 164 valence electrons. The van der Waals surface area contributed by atoms with Crippen LogP contribution in [0.15, 0.2) is 60.7 Å². The second-order valence-corrected chi connectivity index (χ2v) is 9.17. The number of Topliss-reactive ketones (excluding diaryl/α,β-unsaturated/α-hetero) is 1. The summed E-state index contributed by atoms with van der Waals surface area (Å²) in [5.74, 6) is 1.14. The number of ketones is 1. The molecule has 3 atom stereocenters. The van der Waals surface area contributed by atoms with Crippen LogP contribution in [0.2, 0.25) is 0 Å². The van der Waals surface area contributed by atoms with Crippen molar-refractivity contribution in [2.45, 2.75) is 18.9 Å². The first kappa shape index (κ1) is 19.9. The first-order chi connectivity index (χ1) is 15.7. The van der Waals surface area contributed by atoms with Gasteiger partial charge in [-0.3, -0.25) is 14.6 Å². The van der Waals surface area contributed by atoms with E-state index in [0.717, 1.165) is 60.6 Å². The highest BCUT2D eigenvalue weighted by Crippen LogP contribution is 2.54.